The van der Waals surface area contributed by atoms with Crippen LogP contribution in [0, 0.1) is 11.7 Å². The number of para-hydroxylation sites is 1. The van der Waals surface area contributed by atoms with E-state index in [1.165, 1.54) is 6.07 Å². The predicted octanol–water partition coefficient (Wildman–Crippen LogP) is 3.93. The van der Waals surface area contributed by atoms with Gasteiger partial charge in [-0.05, 0) is 37.5 Å². The third-order valence-corrected chi connectivity index (χ3v) is 6.05. The number of halogens is 1. The first-order chi connectivity index (χ1) is 14.9. The Bertz CT molecular complexity index is 873. The highest BCUT2D eigenvalue weighted by Gasteiger charge is 2.37. The highest BCUT2D eigenvalue weighted by molar-refractivity contribution is 5.77. The van der Waals surface area contributed by atoms with Gasteiger partial charge in [-0.25, -0.2) is 4.39 Å². The van der Waals surface area contributed by atoms with Gasteiger partial charge in [-0.15, -0.1) is 0 Å². The Balaban J connectivity index is 1.87. The molecule has 0 saturated carbocycles. The summed E-state index contributed by atoms with van der Waals surface area (Å²) < 4.78 is 25.0. The minimum absolute atomic E-state index is 0.0103. The Hall–Kier alpha value is -2.44. The molecule has 0 aromatic heterocycles. The molecule has 2 aromatic carbocycles. The van der Waals surface area contributed by atoms with Gasteiger partial charge in [0, 0.05) is 50.8 Å². The second-order valence-electron chi connectivity index (χ2n) is 8.47. The van der Waals surface area contributed by atoms with Crippen molar-refractivity contribution in [2.45, 2.75) is 32.4 Å². The second-order valence-corrected chi connectivity index (χ2v) is 8.47. The van der Waals surface area contributed by atoms with Crippen LogP contribution in [0.2, 0.25) is 0 Å². The third kappa shape index (κ3) is 5.63. The normalized spacial score (nSPS) is 19.0. The fourth-order valence-corrected chi connectivity index (χ4v) is 4.53. The summed E-state index contributed by atoms with van der Waals surface area (Å²) in [6.45, 7) is 6.85. The maximum absolute atomic E-state index is 14.3. The number of rotatable bonds is 9. The van der Waals surface area contributed by atoms with Gasteiger partial charge in [0.25, 0.3) is 0 Å². The number of ether oxygens (including phenoxy) is 2. The van der Waals surface area contributed by atoms with Crippen LogP contribution in [0.15, 0.2) is 48.5 Å². The summed E-state index contributed by atoms with van der Waals surface area (Å²) in [5, 5.41) is 0. The molecule has 2 atom stereocenters. The van der Waals surface area contributed by atoms with E-state index in [2.05, 4.69) is 11.0 Å². The molecule has 1 saturated heterocycles. The van der Waals surface area contributed by atoms with E-state index in [1.54, 1.807) is 20.3 Å². The van der Waals surface area contributed by atoms with Crippen LogP contribution in [0.3, 0.4) is 0 Å². The van der Waals surface area contributed by atoms with E-state index in [-0.39, 0.29) is 36.2 Å². The van der Waals surface area contributed by atoms with Crippen molar-refractivity contribution in [1.82, 2.24) is 9.80 Å². The first-order valence-corrected chi connectivity index (χ1v) is 10.8. The summed E-state index contributed by atoms with van der Waals surface area (Å²) >= 11 is 0. The van der Waals surface area contributed by atoms with Crippen molar-refractivity contribution < 1.29 is 18.7 Å². The molecule has 1 heterocycles. The Morgan fingerprint density at radius 2 is 1.84 bits per heavy atom. The first kappa shape index (κ1) is 23.2. The molecule has 1 fully saturated rings. The van der Waals surface area contributed by atoms with Crippen molar-refractivity contribution in [3.8, 4) is 5.75 Å². The van der Waals surface area contributed by atoms with E-state index >= 15 is 0 Å². The first-order valence-electron chi connectivity index (χ1n) is 10.8. The van der Waals surface area contributed by atoms with Crippen molar-refractivity contribution in [1.29, 1.82) is 0 Å². The lowest BCUT2D eigenvalue weighted by Gasteiger charge is -2.31. The molecule has 1 amide bonds. The second kappa shape index (κ2) is 10.7. The fourth-order valence-electron chi connectivity index (χ4n) is 4.53. The monoisotopic (exact) mass is 428 g/mol. The van der Waals surface area contributed by atoms with Gasteiger partial charge in [0.05, 0.1) is 7.11 Å². The van der Waals surface area contributed by atoms with Crippen molar-refractivity contribution in [3.05, 3.63) is 65.5 Å². The number of methoxy groups -OCH3 is 2. The molecular formula is C25H33FN2O3. The number of likely N-dealkylation sites (tertiary alicyclic amines) is 1. The number of amides is 1. The molecule has 0 aliphatic carbocycles. The van der Waals surface area contributed by atoms with Crippen molar-refractivity contribution >= 4 is 5.91 Å². The highest BCUT2D eigenvalue weighted by Crippen LogP contribution is 2.38. The van der Waals surface area contributed by atoms with Gasteiger partial charge in [0.15, 0.2) is 0 Å². The van der Waals surface area contributed by atoms with Gasteiger partial charge in [0.2, 0.25) is 5.91 Å². The standard InChI is InChI=1S/C25H33FN2O3/c1-18(2)28(25(29)17-30-3)15-20-14-27(13-19-9-5-7-11-23(19)26)16-22(20)21-10-6-8-12-24(21)31-4/h5-12,18,20,22H,13-17H2,1-4H3. The van der Waals surface area contributed by atoms with Gasteiger partial charge in [-0.1, -0.05) is 36.4 Å². The van der Waals surface area contributed by atoms with E-state index in [4.69, 9.17) is 9.47 Å². The van der Waals surface area contributed by atoms with E-state index in [1.807, 2.05) is 49.1 Å². The average molecular weight is 429 g/mol. The molecule has 2 unspecified atom stereocenters. The molecule has 31 heavy (non-hydrogen) atoms. The van der Waals surface area contributed by atoms with Gasteiger partial charge < -0.3 is 14.4 Å². The Morgan fingerprint density at radius 3 is 2.52 bits per heavy atom. The van der Waals surface area contributed by atoms with Crippen LogP contribution in [0.4, 0.5) is 4.39 Å². The smallest absolute Gasteiger partial charge is 0.248 e. The largest absolute Gasteiger partial charge is 0.496 e. The molecule has 0 radical (unpaired) electrons. The summed E-state index contributed by atoms with van der Waals surface area (Å²) in [4.78, 5) is 16.8. The van der Waals surface area contributed by atoms with Crippen LogP contribution in [0.1, 0.15) is 30.9 Å². The van der Waals surface area contributed by atoms with E-state index in [9.17, 15) is 9.18 Å². The van der Waals surface area contributed by atoms with Gasteiger partial charge >= 0.3 is 0 Å². The molecule has 6 heteroatoms. The highest BCUT2D eigenvalue weighted by atomic mass is 19.1. The topological polar surface area (TPSA) is 42.0 Å². The lowest BCUT2D eigenvalue weighted by atomic mass is 9.87. The zero-order valence-corrected chi connectivity index (χ0v) is 18.9. The molecule has 168 valence electrons. The van der Waals surface area contributed by atoms with Crippen molar-refractivity contribution in [3.63, 3.8) is 0 Å². The number of nitrogens with zero attached hydrogens (tertiary/aromatic N) is 2. The minimum atomic E-state index is -0.182. The predicted molar refractivity (Wildman–Crippen MR) is 120 cm³/mol. The molecule has 5 nitrogen and oxygen atoms in total. The Morgan fingerprint density at radius 1 is 1.13 bits per heavy atom. The van der Waals surface area contributed by atoms with Crippen LogP contribution >= 0.6 is 0 Å². The van der Waals surface area contributed by atoms with Crippen LogP contribution in [-0.4, -0.2) is 62.2 Å². The third-order valence-electron chi connectivity index (χ3n) is 6.05. The van der Waals surface area contributed by atoms with Crippen LogP contribution < -0.4 is 4.74 Å². The number of hydrogen-bond acceptors (Lipinski definition) is 4. The summed E-state index contributed by atoms with van der Waals surface area (Å²) in [7, 11) is 3.22. The number of carbonyl (C=O) groups excluding carboxylic acids is 1. The van der Waals surface area contributed by atoms with Crippen LogP contribution in [-0.2, 0) is 16.1 Å². The van der Waals surface area contributed by atoms with Crippen LogP contribution in [0.25, 0.3) is 0 Å². The van der Waals surface area contributed by atoms with Gasteiger partial charge in [0.1, 0.15) is 18.2 Å². The van der Waals surface area contributed by atoms with Crippen LogP contribution in [0.5, 0.6) is 5.75 Å². The van der Waals surface area contributed by atoms with Gasteiger partial charge in [-0.3, -0.25) is 9.69 Å². The molecule has 2 aromatic rings. The Labute approximate surface area is 184 Å². The maximum atomic E-state index is 14.3. The molecule has 0 bridgehead atoms. The molecule has 0 spiro atoms. The lowest BCUT2D eigenvalue weighted by Crippen LogP contribution is -2.43. The zero-order chi connectivity index (χ0) is 22.4. The fraction of sp³-hybridized carbons (Fsp3) is 0.480. The number of hydrogen-bond donors (Lipinski definition) is 0. The zero-order valence-electron chi connectivity index (χ0n) is 18.9. The maximum Gasteiger partial charge on any atom is 0.248 e. The summed E-state index contributed by atoms with van der Waals surface area (Å²) in [5.41, 5.74) is 1.83. The minimum Gasteiger partial charge on any atom is -0.496 e. The van der Waals surface area contributed by atoms with E-state index < -0.39 is 0 Å². The molecule has 1 aliphatic heterocycles. The van der Waals surface area contributed by atoms with E-state index in [0.29, 0.717) is 18.7 Å². The molecule has 0 N–H and O–H groups in total. The number of carbonyl (C=O) groups is 1. The Kier molecular flexibility index (Phi) is 8.04. The summed E-state index contributed by atoms with van der Waals surface area (Å²) in [5.74, 6) is 1.04. The summed E-state index contributed by atoms with van der Waals surface area (Å²) in [6, 6.07) is 15.0. The van der Waals surface area contributed by atoms with E-state index in [0.717, 1.165) is 24.4 Å². The van der Waals surface area contributed by atoms with Gasteiger partial charge in [-0.2, -0.15) is 0 Å². The molecule has 3 rings (SSSR count). The van der Waals surface area contributed by atoms with Crippen molar-refractivity contribution in [2.24, 2.45) is 5.92 Å². The SMILES string of the molecule is COCC(=O)N(CC1CN(Cc2ccccc2F)CC1c1ccccc1OC)C(C)C. The average Bonchev–Trinajstić information content (AvgIpc) is 3.15. The molecular weight excluding hydrogens is 395 g/mol. The lowest BCUT2D eigenvalue weighted by molar-refractivity contribution is -0.137. The number of benzene rings is 2. The quantitative estimate of drug-likeness (QED) is 0.607. The molecule has 1 aliphatic rings. The summed E-state index contributed by atoms with van der Waals surface area (Å²) in [6.07, 6.45) is 0. The van der Waals surface area contributed by atoms with Crippen molar-refractivity contribution in [2.75, 3.05) is 40.5 Å².